The van der Waals surface area contributed by atoms with Crippen molar-refractivity contribution in [2.45, 2.75) is 0 Å². The van der Waals surface area contributed by atoms with Gasteiger partial charge in [-0.25, -0.2) is 4.98 Å². The van der Waals surface area contributed by atoms with E-state index in [0.717, 1.165) is 77.6 Å². The molecular weight excluding hydrogens is 805 g/mol. The molecule has 0 saturated heterocycles. The lowest BCUT2D eigenvalue weighted by atomic mass is 9.95. The van der Waals surface area contributed by atoms with Crippen molar-refractivity contribution >= 4 is 104 Å². The molecule has 15 aromatic rings. The van der Waals surface area contributed by atoms with Gasteiger partial charge in [0.25, 0.3) is 0 Å². The van der Waals surface area contributed by atoms with Gasteiger partial charge in [-0.1, -0.05) is 133 Å². The molecule has 0 amide bonds. The average molecular weight is 841 g/mol. The molecule has 15 rings (SSSR count). The summed E-state index contributed by atoms with van der Waals surface area (Å²) in [6.07, 6.45) is 2.19. The highest BCUT2D eigenvalue weighted by atomic mass is 16.3. The number of pyridine rings is 1. The standard InChI is InChI=1S/C61H36N4O/c1-2-19-49-43(13-1)51-33-38(25-27-50(51)61-60(49)62-59-35-39(29-30-63(59)61)37-26-28-58-52(34-37)48-18-7-12-24-57(48)66-58)40-31-41(64-53-20-8-3-14-44(53)45-15-4-9-21-54(45)64)36-42(32-40)65-55-22-10-5-16-46(55)47-17-6-11-23-56(47)65/h1-36H. The summed E-state index contributed by atoms with van der Waals surface area (Å²) in [7, 11) is 0. The molecule has 5 heteroatoms. The van der Waals surface area contributed by atoms with E-state index in [2.05, 4.69) is 220 Å². The van der Waals surface area contributed by atoms with Crippen LogP contribution in [0.3, 0.4) is 0 Å². The van der Waals surface area contributed by atoms with E-state index in [1.807, 2.05) is 12.1 Å². The maximum absolute atomic E-state index is 6.16. The summed E-state index contributed by atoms with van der Waals surface area (Å²) in [6, 6.07) is 77.1. The number of rotatable bonds is 4. The second-order valence-electron chi connectivity index (χ2n) is 17.5. The fourth-order valence-electron chi connectivity index (χ4n) is 11.1. The van der Waals surface area contributed by atoms with Crippen molar-refractivity contribution in [3.05, 3.63) is 219 Å². The number of furan rings is 1. The molecule has 0 atom stereocenters. The number of hydrogen-bond donors (Lipinski definition) is 0. The van der Waals surface area contributed by atoms with E-state index in [9.17, 15) is 0 Å². The fraction of sp³-hybridized carbons (Fsp3) is 0. The molecule has 0 radical (unpaired) electrons. The van der Waals surface area contributed by atoms with Crippen LogP contribution in [0.25, 0.3) is 137 Å². The first kappa shape index (κ1) is 35.5. The van der Waals surface area contributed by atoms with Crippen LogP contribution >= 0.6 is 0 Å². The van der Waals surface area contributed by atoms with Gasteiger partial charge in [-0.05, 0) is 112 Å². The predicted molar refractivity (Wildman–Crippen MR) is 275 cm³/mol. The summed E-state index contributed by atoms with van der Waals surface area (Å²) in [5.41, 5.74) is 16.3. The smallest absolute Gasteiger partial charge is 0.138 e. The van der Waals surface area contributed by atoms with Crippen LogP contribution < -0.4 is 0 Å². The minimum absolute atomic E-state index is 0.895. The van der Waals surface area contributed by atoms with Crippen molar-refractivity contribution in [1.29, 1.82) is 0 Å². The Kier molecular flexibility index (Phi) is 7.16. The zero-order valence-corrected chi connectivity index (χ0v) is 35.5. The van der Waals surface area contributed by atoms with Crippen LogP contribution in [0.5, 0.6) is 0 Å². The predicted octanol–water partition coefficient (Wildman–Crippen LogP) is 16.2. The summed E-state index contributed by atoms with van der Waals surface area (Å²) in [5.74, 6) is 0. The van der Waals surface area contributed by atoms with Gasteiger partial charge >= 0.3 is 0 Å². The van der Waals surface area contributed by atoms with Crippen molar-refractivity contribution in [3.63, 3.8) is 0 Å². The Bertz CT molecular complexity index is 4300. The first-order valence-corrected chi connectivity index (χ1v) is 22.5. The van der Waals surface area contributed by atoms with Gasteiger partial charge in [-0.3, -0.25) is 4.40 Å². The molecule has 0 spiro atoms. The molecule has 0 saturated carbocycles. The number of benzene rings is 10. The molecule has 0 fully saturated rings. The molecule has 5 aromatic heterocycles. The second kappa shape index (κ2) is 13.3. The quantitative estimate of drug-likeness (QED) is 0.166. The first-order valence-electron chi connectivity index (χ1n) is 22.5. The molecule has 66 heavy (non-hydrogen) atoms. The third kappa shape index (κ3) is 4.97. The van der Waals surface area contributed by atoms with Gasteiger partial charge in [0, 0.05) is 60.7 Å². The van der Waals surface area contributed by atoms with Gasteiger partial charge in [-0.15, -0.1) is 0 Å². The molecule has 5 heterocycles. The van der Waals surface area contributed by atoms with Crippen LogP contribution in [-0.2, 0) is 0 Å². The van der Waals surface area contributed by atoms with Crippen molar-refractivity contribution in [2.75, 3.05) is 0 Å². The number of hydrogen-bond acceptors (Lipinski definition) is 2. The lowest BCUT2D eigenvalue weighted by Crippen LogP contribution is -2.00. The minimum Gasteiger partial charge on any atom is -0.456 e. The maximum Gasteiger partial charge on any atom is 0.138 e. The monoisotopic (exact) mass is 840 g/mol. The van der Waals surface area contributed by atoms with Gasteiger partial charge in [0.05, 0.1) is 33.1 Å². The van der Waals surface area contributed by atoms with E-state index < -0.39 is 0 Å². The molecular formula is C61H36N4O. The van der Waals surface area contributed by atoms with Crippen molar-refractivity contribution < 1.29 is 4.42 Å². The molecule has 306 valence electrons. The molecule has 0 aliphatic heterocycles. The Labute approximate surface area is 377 Å². The molecule has 0 N–H and O–H groups in total. The van der Waals surface area contributed by atoms with Crippen LogP contribution in [0.2, 0.25) is 0 Å². The normalized spacial score (nSPS) is 12.2. The lowest BCUT2D eigenvalue weighted by molar-refractivity contribution is 0.669. The Morgan fingerprint density at radius 2 is 0.803 bits per heavy atom. The van der Waals surface area contributed by atoms with E-state index in [0.29, 0.717) is 0 Å². The van der Waals surface area contributed by atoms with E-state index in [4.69, 9.17) is 9.40 Å². The summed E-state index contributed by atoms with van der Waals surface area (Å²) in [4.78, 5) is 5.38. The van der Waals surface area contributed by atoms with Gasteiger partial charge in [0.15, 0.2) is 0 Å². The molecule has 0 aliphatic carbocycles. The average Bonchev–Trinajstić information content (AvgIpc) is 4.14. The van der Waals surface area contributed by atoms with Gasteiger partial charge in [0.2, 0.25) is 0 Å². The van der Waals surface area contributed by atoms with Crippen LogP contribution in [0.1, 0.15) is 0 Å². The summed E-state index contributed by atoms with van der Waals surface area (Å²) >= 11 is 0. The van der Waals surface area contributed by atoms with Gasteiger partial charge in [0.1, 0.15) is 16.8 Å². The Morgan fingerprint density at radius 3 is 1.44 bits per heavy atom. The Balaban J connectivity index is 0.966. The van der Waals surface area contributed by atoms with Gasteiger partial charge in [-0.2, -0.15) is 0 Å². The number of para-hydroxylation sites is 5. The zero-order chi connectivity index (χ0) is 43.0. The van der Waals surface area contributed by atoms with Gasteiger partial charge < -0.3 is 13.6 Å². The highest BCUT2D eigenvalue weighted by molar-refractivity contribution is 6.24. The SMILES string of the molecule is c1ccc2c(c1)oc1ccc(-c3ccn4c(c3)nc3c5ccccc5c5cc(-c6cc(-n7c8ccccc8c8ccccc87)cc(-n7c8ccccc8c8ccccc87)c6)ccc5c34)cc12. The van der Waals surface area contributed by atoms with Crippen molar-refractivity contribution in [3.8, 4) is 33.6 Å². The van der Waals surface area contributed by atoms with E-state index in [1.54, 1.807) is 0 Å². The van der Waals surface area contributed by atoms with E-state index in [1.165, 1.54) is 59.8 Å². The second-order valence-corrected chi connectivity index (χ2v) is 17.5. The zero-order valence-electron chi connectivity index (χ0n) is 35.5. The molecule has 0 bridgehead atoms. The first-order chi connectivity index (χ1) is 32.7. The summed E-state index contributed by atoms with van der Waals surface area (Å²) < 4.78 is 13.3. The molecule has 5 nitrogen and oxygen atoms in total. The largest absolute Gasteiger partial charge is 0.456 e. The van der Waals surface area contributed by atoms with Crippen LogP contribution in [0, 0.1) is 0 Å². The van der Waals surface area contributed by atoms with E-state index in [-0.39, 0.29) is 0 Å². The van der Waals surface area contributed by atoms with Crippen LogP contribution in [-0.4, -0.2) is 18.5 Å². The van der Waals surface area contributed by atoms with Crippen LogP contribution in [0.15, 0.2) is 223 Å². The van der Waals surface area contributed by atoms with Crippen molar-refractivity contribution in [1.82, 2.24) is 18.5 Å². The Morgan fingerprint density at radius 1 is 0.318 bits per heavy atom. The Hall–Kier alpha value is -8.93. The highest BCUT2D eigenvalue weighted by Gasteiger charge is 2.20. The van der Waals surface area contributed by atoms with E-state index >= 15 is 0 Å². The molecule has 0 aliphatic rings. The van der Waals surface area contributed by atoms with Crippen molar-refractivity contribution in [2.24, 2.45) is 0 Å². The fourth-order valence-corrected chi connectivity index (χ4v) is 11.1. The topological polar surface area (TPSA) is 40.3 Å². The summed E-state index contributed by atoms with van der Waals surface area (Å²) in [6.45, 7) is 0. The number of aromatic nitrogens is 4. The lowest BCUT2D eigenvalue weighted by Gasteiger charge is -2.16. The molecule has 10 aromatic carbocycles. The molecule has 0 unspecified atom stereocenters. The third-order valence-corrected chi connectivity index (χ3v) is 14.0. The number of imidazole rings is 1. The number of fused-ring (bicyclic) bond motifs is 17. The van der Waals surface area contributed by atoms with Crippen LogP contribution in [0.4, 0.5) is 0 Å². The maximum atomic E-state index is 6.16. The third-order valence-electron chi connectivity index (χ3n) is 14.0. The minimum atomic E-state index is 0.895. The summed E-state index contributed by atoms with van der Waals surface area (Å²) in [5, 5.41) is 11.9. The number of nitrogens with zero attached hydrogens (tertiary/aromatic N) is 4. The highest BCUT2D eigenvalue weighted by Crippen LogP contribution is 2.42.